The van der Waals surface area contributed by atoms with Gasteiger partial charge in [0.25, 0.3) is 5.69 Å². The molecule has 0 spiro atoms. The second-order valence-corrected chi connectivity index (χ2v) is 3.91. The lowest BCUT2D eigenvalue weighted by Gasteiger charge is -2.09. The van der Waals surface area contributed by atoms with Gasteiger partial charge in [-0.15, -0.1) is 0 Å². The highest BCUT2D eigenvalue weighted by Crippen LogP contribution is 2.30. The van der Waals surface area contributed by atoms with Gasteiger partial charge >= 0.3 is 0 Å². The molecule has 0 heterocycles. The number of nitro benzene ring substituents is 1. The van der Waals surface area contributed by atoms with Crippen LogP contribution < -0.4 is 5.32 Å². The van der Waals surface area contributed by atoms with E-state index in [0.29, 0.717) is 11.3 Å². The molecule has 2 aromatic rings. The van der Waals surface area contributed by atoms with Gasteiger partial charge < -0.3 is 15.5 Å². The summed E-state index contributed by atoms with van der Waals surface area (Å²) in [4.78, 5) is 10.3. The molecule has 0 radical (unpaired) electrons. The van der Waals surface area contributed by atoms with Crippen molar-refractivity contribution in [3.63, 3.8) is 0 Å². The smallest absolute Gasteiger partial charge is 0.292 e. The van der Waals surface area contributed by atoms with Crippen LogP contribution in [-0.4, -0.2) is 15.1 Å². The maximum Gasteiger partial charge on any atom is 0.292 e. The molecule has 19 heavy (non-hydrogen) atoms. The number of nitrogens with one attached hydrogen (secondary N) is 1. The fraction of sp³-hybridized carbons (Fsp3) is 0.0769. The quantitative estimate of drug-likeness (QED) is 0.446. The number of aromatic hydroxyl groups is 2. The molecular weight excluding hydrogens is 248 g/mol. The Bertz CT molecular complexity index is 613. The fourth-order valence-corrected chi connectivity index (χ4v) is 1.69. The number of hydrogen-bond acceptors (Lipinski definition) is 5. The van der Waals surface area contributed by atoms with Crippen molar-refractivity contribution in [3.8, 4) is 11.5 Å². The zero-order valence-electron chi connectivity index (χ0n) is 9.91. The summed E-state index contributed by atoms with van der Waals surface area (Å²) in [5, 5.41) is 32.7. The summed E-state index contributed by atoms with van der Waals surface area (Å²) in [6.45, 7) is 0.172. The van der Waals surface area contributed by atoms with Crippen LogP contribution >= 0.6 is 0 Å². The Balaban J connectivity index is 2.19. The zero-order chi connectivity index (χ0) is 13.8. The topological polar surface area (TPSA) is 95.6 Å². The number of para-hydroxylation sites is 3. The van der Waals surface area contributed by atoms with Crippen LogP contribution in [0.4, 0.5) is 11.4 Å². The van der Waals surface area contributed by atoms with Gasteiger partial charge in [-0.25, -0.2) is 0 Å². The molecule has 0 saturated carbocycles. The van der Waals surface area contributed by atoms with Crippen molar-refractivity contribution in [1.29, 1.82) is 0 Å². The minimum Gasteiger partial charge on any atom is -0.504 e. The Morgan fingerprint density at radius 2 is 1.84 bits per heavy atom. The molecule has 0 aliphatic rings. The highest BCUT2D eigenvalue weighted by molar-refractivity contribution is 5.61. The van der Waals surface area contributed by atoms with Gasteiger partial charge in [-0.3, -0.25) is 10.1 Å². The van der Waals surface area contributed by atoms with E-state index < -0.39 is 4.92 Å². The van der Waals surface area contributed by atoms with E-state index in [4.69, 9.17) is 0 Å². The summed E-state index contributed by atoms with van der Waals surface area (Å²) in [5.74, 6) is -0.449. The van der Waals surface area contributed by atoms with Crippen LogP contribution in [0.1, 0.15) is 5.56 Å². The molecule has 2 rings (SSSR count). The largest absolute Gasteiger partial charge is 0.504 e. The third-order valence-electron chi connectivity index (χ3n) is 2.67. The van der Waals surface area contributed by atoms with E-state index in [1.54, 1.807) is 30.3 Å². The lowest BCUT2D eigenvalue weighted by Crippen LogP contribution is -2.02. The molecule has 0 aliphatic heterocycles. The van der Waals surface area contributed by atoms with E-state index in [0.717, 1.165) is 0 Å². The van der Waals surface area contributed by atoms with Gasteiger partial charge in [0.15, 0.2) is 11.5 Å². The van der Waals surface area contributed by atoms with Gasteiger partial charge in [-0.1, -0.05) is 24.3 Å². The Morgan fingerprint density at radius 1 is 1.11 bits per heavy atom. The van der Waals surface area contributed by atoms with Crippen molar-refractivity contribution in [2.24, 2.45) is 0 Å². The van der Waals surface area contributed by atoms with Crippen LogP contribution in [0.3, 0.4) is 0 Å². The second kappa shape index (κ2) is 5.26. The minimum absolute atomic E-state index is 0.0397. The van der Waals surface area contributed by atoms with Crippen molar-refractivity contribution in [3.05, 3.63) is 58.1 Å². The van der Waals surface area contributed by atoms with Crippen LogP contribution in [0.5, 0.6) is 11.5 Å². The molecule has 0 aliphatic carbocycles. The highest BCUT2D eigenvalue weighted by atomic mass is 16.6. The first-order valence-corrected chi connectivity index (χ1v) is 5.56. The SMILES string of the molecule is O=[N+]([O-])c1ccccc1NCc1cccc(O)c1O. The van der Waals surface area contributed by atoms with Crippen LogP contribution in [0.15, 0.2) is 42.5 Å². The maximum atomic E-state index is 10.8. The summed E-state index contributed by atoms with van der Waals surface area (Å²) >= 11 is 0. The predicted octanol–water partition coefficient (Wildman–Crippen LogP) is 2.62. The molecule has 0 saturated heterocycles. The third kappa shape index (κ3) is 2.74. The molecule has 6 heteroatoms. The monoisotopic (exact) mass is 260 g/mol. The minimum atomic E-state index is -0.481. The van der Waals surface area contributed by atoms with E-state index >= 15 is 0 Å². The third-order valence-corrected chi connectivity index (χ3v) is 2.67. The molecule has 0 amide bonds. The first-order chi connectivity index (χ1) is 9.09. The van der Waals surface area contributed by atoms with E-state index in [2.05, 4.69) is 5.32 Å². The van der Waals surface area contributed by atoms with E-state index in [1.165, 1.54) is 12.1 Å². The fourth-order valence-electron chi connectivity index (χ4n) is 1.69. The molecule has 98 valence electrons. The molecule has 6 nitrogen and oxygen atoms in total. The van der Waals surface area contributed by atoms with Crippen molar-refractivity contribution >= 4 is 11.4 Å². The Kier molecular flexibility index (Phi) is 3.51. The van der Waals surface area contributed by atoms with Crippen molar-refractivity contribution in [2.75, 3.05) is 5.32 Å². The summed E-state index contributed by atoms with van der Waals surface area (Å²) in [7, 11) is 0. The number of rotatable bonds is 4. The van der Waals surface area contributed by atoms with E-state index in [1.807, 2.05) is 0 Å². The number of anilines is 1. The van der Waals surface area contributed by atoms with Gasteiger partial charge in [0, 0.05) is 18.2 Å². The standard InChI is InChI=1S/C13H12N2O4/c16-12-7-3-4-9(13(12)17)8-14-10-5-1-2-6-11(10)15(18)19/h1-7,14,16-17H,8H2. The Morgan fingerprint density at radius 3 is 2.58 bits per heavy atom. The summed E-state index contributed by atoms with van der Waals surface area (Å²) < 4.78 is 0. The maximum absolute atomic E-state index is 10.8. The average molecular weight is 260 g/mol. The van der Waals surface area contributed by atoms with Crippen LogP contribution in [0.25, 0.3) is 0 Å². The molecule has 0 unspecified atom stereocenters. The predicted molar refractivity (Wildman–Crippen MR) is 70.2 cm³/mol. The Labute approximate surface area is 109 Å². The molecule has 0 fully saturated rings. The lowest BCUT2D eigenvalue weighted by atomic mass is 10.1. The Hall–Kier alpha value is -2.76. The molecule has 0 aromatic heterocycles. The summed E-state index contributed by atoms with van der Waals surface area (Å²) in [6.07, 6.45) is 0. The van der Waals surface area contributed by atoms with Gasteiger partial charge in [-0.2, -0.15) is 0 Å². The number of phenols is 2. The van der Waals surface area contributed by atoms with Gasteiger partial charge in [0.2, 0.25) is 0 Å². The number of nitrogens with zero attached hydrogens (tertiary/aromatic N) is 1. The number of hydrogen-bond donors (Lipinski definition) is 3. The first-order valence-electron chi connectivity index (χ1n) is 5.56. The lowest BCUT2D eigenvalue weighted by molar-refractivity contribution is -0.384. The first kappa shape index (κ1) is 12.7. The van der Waals surface area contributed by atoms with E-state index in [9.17, 15) is 20.3 Å². The zero-order valence-corrected chi connectivity index (χ0v) is 9.91. The summed E-state index contributed by atoms with van der Waals surface area (Å²) in [5.41, 5.74) is 0.774. The number of benzene rings is 2. The van der Waals surface area contributed by atoms with Crippen LogP contribution in [0.2, 0.25) is 0 Å². The molecule has 3 N–H and O–H groups in total. The molecule has 2 aromatic carbocycles. The van der Waals surface area contributed by atoms with Crippen molar-refractivity contribution in [2.45, 2.75) is 6.54 Å². The normalized spacial score (nSPS) is 10.1. The summed E-state index contributed by atoms with van der Waals surface area (Å²) in [6, 6.07) is 10.8. The van der Waals surface area contributed by atoms with Gasteiger partial charge in [0.05, 0.1) is 4.92 Å². The second-order valence-electron chi connectivity index (χ2n) is 3.91. The van der Waals surface area contributed by atoms with Crippen molar-refractivity contribution < 1.29 is 15.1 Å². The highest BCUT2D eigenvalue weighted by Gasteiger charge is 2.12. The number of nitro groups is 1. The number of phenolic OH excluding ortho intramolecular Hbond substituents is 2. The average Bonchev–Trinajstić information content (AvgIpc) is 2.40. The molecular formula is C13H12N2O4. The molecule has 0 atom stereocenters. The van der Waals surface area contributed by atoms with Crippen molar-refractivity contribution in [1.82, 2.24) is 0 Å². The van der Waals surface area contributed by atoms with Crippen LogP contribution in [0, 0.1) is 10.1 Å². The molecule has 0 bridgehead atoms. The van der Waals surface area contributed by atoms with Gasteiger partial charge in [0.1, 0.15) is 5.69 Å². The van der Waals surface area contributed by atoms with Gasteiger partial charge in [-0.05, 0) is 12.1 Å². The van der Waals surface area contributed by atoms with E-state index in [-0.39, 0.29) is 23.7 Å². The van der Waals surface area contributed by atoms with Crippen LogP contribution in [-0.2, 0) is 6.54 Å².